The van der Waals surface area contributed by atoms with Crippen LogP contribution in [0.1, 0.15) is 27.4 Å². The number of nitrogens with zero attached hydrogens (tertiary/aromatic N) is 2. The SMILES string of the molecule is CCC.Cc1cc2nc[nH]c2cn1.[HH]. The molecule has 0 radical (unpaired) electrons. The lowest BCUT2D eigenvalue weighted by Gasteiger charge is -1.88. The van der Waals surface area contributed by atoms with Gasteiger partial charge in [0.2, 0.25) is 0 Å². The molecular weight excluding hydrogens is 162 g/mol. The maximum atomic E-state index is 4.11. The molecular formula is C10H17N3. The molecule has 72 valence electrons. The molecule has 0 aliphatic heterocycles. The van der Waals surface area contributed by atoms with Crippen LogP contribution in [0, 0.1) is 6.92 Å². The minimum Gasteiger partial charge on any atom is -0.343 e. The van der Waals surface area contributed by atoms with Crippen LogP contribution in [0.15, 0.2) is 18.6 Å². The molecule has 0 fully saturated rings. The molecule has 0 bridgehead atoms. The molecule has 0 saturated heterocycles. The first-order chi connectivity index (χ1) is 6.27. The van der Waals surface area contributed by atoms with Crippen LogP contribution in [-0.4, -0.2) is 15.0 Å². The lowest BCUT2D eigenvalue weighted by atomic mass is 10.3. The Balaban J connectivity index is 0.000000381. The van der Waals surface area contributed by atoms with Crippen LogP contribution in [-0.2, 0) is 0 Å². The number of aryl methyl sites for hydroxylation is 1. The summed E-state index contributed by atoms with van der Waals surface area (Å²) in [5.74, 6) is 0. The van der Waals surface area contributed by atoms with Crippen molar-refractivity contribution in [2.45, 2.75) is 27.2 Å². The monoisotopic (exact) mass is 179 g/mol. The summed E-state index contributed by atoms with van der Waals surface area (Å²) in [5, 5.41) is 0. The Kier molecular flexibility index (Phi) is 3.43. The molecule has 0 atom stereocenters. The van der Waals surface area contributed by atoms with E-state index in [1.54, 1.807) is 12.5 Å². The van der Waals surface area contributed by atoms with Crippen molar-refractivity contribution >= 4 is 11.0 Å². The lowest BCUT2D eigenvalue weighted by molar-refractivity contribution is 1.09. The van der Waals surface area contributed by atoms with E-state index >= 15 is 0 Å². The molecule has 2 aromatic rings. The zero-order valence-corrected chi connectivity index (χ0v) is 8.33. The van der Waals surface area contributed by atoms with Crippen LogP contribution < -0.4 is 0 Å². The molecule has 2 aromatic heterocycles. The summed E-state index contributed by atoms with van der Waals surface area (Å²) >= 11 is 0. The summed E-state index contributed by atoms with van der Waals surface area (Å²) in [6.45, 7) is 6.20. The van der Waals surface area contributed by atoms with E-state index in [9.17, 15) is 0 Å². The molecule has 0 amide bonds. The maximum absolute atomic E-state index is 4.11. The van der Waals surface area contributed by atoms with E-state index in [4.69, 9.17) is 0 Å². The van der Waals surface area contributed by atoms with Gasteiger partial charge in [0, 0.05) is 7.12 Å². The van der Waals surface area contributed by atoms with Crippen LogP contribution in [0.4, 0.5) is 0 Å². The number of hydrogen-bond acceptors (Lipinski definition) is 2. The first kappa shape index (κ1) is 9.71. The second kappa shape index (κ2) is 4.60. The molecule has 0 aromatic carbocycles. The number of nitrogens with one attached hydrogen (secondary N) is 1. The van der Waals surface area contributed by atoms with E-state index in [1.165, 1.54) is 6.42 Å². The second-order valence-corrected chi connectivity index (χ2v) is 2.95. The van der Waals surface area contributed by atoms with Crippen molar-refractivity contribution in [1.29, 1.82) is 0 Å². The lowest BCUT2D eigenvalue weighted by Crippen LogP contribution is -1.78. The molecule has 13 heavy (non-hydrogen) atoms. The highest BCUT2D eigenvalue weighted by Gasteiger charge is 1.93. The Labute approximate surface area is 79.7 Å². The van der Waals surface area contributed by atoms with E-state index in [0.717, 1.165) is 16.7 Å². The van der Waals surface area contributed by atoms with Crippen molar-refractivity contribution in [1.82, 2.24) is 15.0 Å². The highest BCUT2D eigenvalue weighted by atomic mass is 14.9. The number of hydrogen-bond donors (Lipinski definition) is 1. The molecule has 2 rings (SSSR count). The van der Waals surface area contributed by atoms with Gasteiger partial charge in [-0.2, -0.15) is 0 Å². The number of imidazole rings is 1. The average Bonchev–Trinajstić information content (AvgIpc) is 2.52. The molecule has 0 unspecified atom stereocenters. The minimum atomic E-state index is 0. The number of rotatable bonds is 0. The van der Waals surface area contributed by atoms with Gasteiger partial charge in [0.25, 0.3) is 0 Å². The summed E-state index contributed by atoms with van der Waals surface area (Å²) in [6.07, 6.45) is 4.71. The Morgan fingerprint density at radius 2 is 2.08 bits per heavy atom. The normalized spacial score (nSPS) is 9.46. The summed E-state index contributed by atoms with van der Waals surface area (Å²) in [5.41, 5.74) is 2.97. The fourth-order valence-corrected chi connectivity index (χ4v) is 0.935. The molecule has 0 aliphatic carbocycles. The topological polar surface area (TPSA) is 41.6 Å². The van der Waals surface area contributed by atoms with Crippen LogP contribution in [0.2, 0.25) is 0 Å². The summed E-state index contributed by atoms with van der Waals surface area (Å²) in [6, 6.07) is 1.95. The third-order valence-corrected chi connectivity index (χ3v) is 1.44. The first-order valence-electron chi connectivity index (χ1n) is 4.53. The third kappa shape index (κ3) is 2.54. The van der Waals surface area contributed by atoms with Gasteiger partial charge >= 0.3 is 0 Å². The molecule has 1 N–H and O–H groups in total. The zero-order valence-electron chi connectivity index (χ0n) is 8.33. The van der Waals surface area contributed by atoms with Crippen LogP contribution in [0.3, 0.4) is 0 Å². The minimum absolute atomic E-state index is 0. The molecule has 0 spiro atoms. The number of pyridine rings is 1. The van der Waals surface area contributed by atoms with Gasteiger partial charge in [-0.3, -0.25) is 4.98 Å². The van der Waals surface area contributed by atoms with Gasteiger partial charge < -0.3 is 4.98 Å². The molecule has 0 aliphatic rings. The molecule has 0 saturated carbocycles. The van der Waals surface area contributed by atoms with E-state index in [1.807, 2.05) is 13.0 Å². The van der Waals surface area contributed by atoms with Crippen LogP contribution in [0.25, 0.3) is 11.0 Å². The van der Waals surface area contributed by atoms with Crippen LogP contribution >= 0.6 is 0 Å². The largest absolute Gasteiger partial charge is 0.343 e. The predicted molar refractivity (Wildman–Crippen MR) is 56.7 cm³/mol. The van der Waals surface area contributed by atoms with Gasteiger partial charge in [0.1, 0.15) is 0 Å². The van der Waals surface area contributed by atoms with Gasteiger partial charge in [-0.15, -0.1) is 0 Å². The molecule has 3 heteroatoms. The van der Waals surface area contributed by atoms with Crippen molar-refractivity contribution in [3.05, 3.63) is 24.3 Å². The Hall–Kier alpha value is -1.38. The average molecular weight is 179 g/mol. The van der Waals surface area contributed by atoms with Crippen molar-refractivity contribution in [2.75, 3.05) is 0 Å². The summed E-state index contributed by atoms with van der Waals surface area (Å²) in [7, 11) is 0. The van der Waals surface area contributed by atoms with Crippen molar-refractivity contribution in [3.63, 3.8) is 0 Å². The van der Waals surface area contributed by atoms with Crippen molar-refractivity contribution < 1.29 is 1.43 Å². The zero-order chi connectivity index (χ0) is 9.68. The fraction of sp³-hybridized carbons (Fsp3) is 0.400. The van der Waals surface area contributed by atoms with E-state index < -0.39 is 0 Å². The Bertz CT molecular complexity index is 370. The summed E-state index contributed by atoms with van der Waals surface area (Å²) < 4.78 is 0. The standard InChI is InChI=1S/C7H7N3.C3H8.H2/c1-5-2-6-7(3-8-5)10-4-9-6;1-3-2;/h2-4H,1H3,(H,9,10);3H2,1-2H3;1H. The number of aromatic nitrogens is 3. The smallest absolute Gasteiger partial charge is 0.0932 e. The van der Waals surface area contributed by atoms with Gasteiger partial charge in [-0.25, -0.2) is 4.98 Å². The maximum Gasteiger partial charge on any atom is 0.0932 e. The Morgan fingerprint density at radius 3 is 2.77 bits per heavy atom. The van der Waals surface area contributed by atoms with Crippen molar-refractivity contribution in [2.24, 2.45) is 0 Å². The number of fused-ring (bicyclic) bond motifs is 1. The Morgan fingerprint density at radius 1 is 1.38 bits per heavy atom. The predicted octanol–water partition coefficient (Wildman–Crippen LogP) is 2.93. The highest BCUT2D eigenvalue weighted by molar-refractivity contribution is 5.73. The third-order valence-electron chi connectivity index (χ3n) is 1.44. The van der Waals surface area contributed by atoms with Gasteiger partial charge in [-0.05, 0) is 13.0 Å². The number of H-pyrrole nitrogens is 1. The van der Waals surface area contributed by atoms with E-state index in [2.05, 4.69) is 28.8 Å². The van der Waals surface area contributed by atoms with Gasteiger partial charge in [0.15, 0.2) is 0 Å². The van der Waals surface area contributed by atoms with E-state index in [0.29, 0.717) is 0 Å². The van der Waals surface area contributed by atoms with Crippen LogP contribution in [0.5, 0.6) is 0 Å². The quantitative estimate of drug-likeness (QED) is 0.675. The fourth-order valence-electron chi connectivity index (χ4n) is 0.935. The van der Waals surface area contributed by atoms with E-state index in [-0.39, 0.29) is 1.43 Å². The first-order valence-corrected chi connectivity index (χ1v) is 4.53. The molecule has 2 heterocycles. The highest BCUT2D eigenvalue weighted by Crippen LogP contribution is 2.06. The van der Waals surface area contributed by atoms with Gasteiger partial charge in [0.05, 0.1) is 23.6 Å². The number of aromatic amines is 1. The van der Waals surface area contributed by atoms with Gasteiger partial charge in [-0.1, -0.05) is 20.3 Å². The summed E-state index contributed by atoms with van der Waals surface area (Å²) in [4.78, 5) is 11.2. The molecule has 3 nitrogen and oxygen atoms in total. The second-order valence-electron chi connectivity index (χ2n) is 2.95. The van der Waals surface area contributed by atoms with Crippen molar-refractivity contribution in [3.8, 4) is 0 Å².